The highest BCUT2D eigenvalue weighted by Gasteiger charge is 2.27. The molecular formula is C22H17Cl2NO4. The standard InChI is InChI=1S/C22H17Cl2NO4/c1-28-16-10-5-9-15(13-16)25-21(26)20(14-7-3-2-4-8-14)29-22(27)17-11-6-12-18(23)19(17)24/h2-13,20H,1H3,(H,25,26)/t20-/m1/s1. The van der Waals surface area contributed by atoms with Crippen LogP contribution >= 0.6 is 23.2 Å². The number of hydrogen-bond acceptors (Lipinski definition) is 4. The number of carbonyl (C=O) groups excluding carboxylic acids is 2. The summed E-state index contributed by atoms with van der Waals surface area (Å²) in [4.78, 5) is 25.6. The Morgan fingerprint density at radius 2 is 1.66 bits per heavy atom. The summed E-state index contributed by atoms with van der Waals surface area (Å²) in [5.41, 5.74) is 1.10. The van der Waals surface area contributed by atoms with E-state index in [0.717, 1.165) is 0 Å². The number of halogens is 2. The van der Waals surface area contributed by atoms with Crippen LogP contribution in [0.1, 0.15) is 22.0 Å². The van der Waals surface area contributed by atoms with Gasteiger partial charge in [0.15, 0.2) is 0 Å². The van der Waals surface area contributed by atoms with Crippen molar-refractivity contribution in [2.75, 3.05) is 12.4 Å². The number of amides is 1. The maximum absolute atomic E-state index is 12.9. The van der Waals surface area contributed by atoms with Gasteiger partial charge < -0.3 is 14.8 Å². The molecule has 0 heterocycles. The van der Waals surface area contributed by atoms with Gasteiger partial charge in [-0.05, 0) is 24.3 Å². The molecule has 3 aromatic carbocycles. The van der Waals surface area contributed by atoms with Gasteiger partial charge in [0.05, 0.1) is 22.7 Å². The number of nitrogens with one attached hydrogen (secondary N) is 1. The maximum atomic E-state index is 12.9. The van der Waals surface area contributed by atoms with Gasteiger partial charge in [0.1, 0.15) is 5.75 Å². The van der Waals surface area contributed by atoms with Crippen molar-refractivity contribution in [3.63, 3.8) is 0 Å². The van der Waals surface area contributed by atoms with Gasteiger partial charge in [-0.3, -0.25) is 4.79 Å². The van der Waals surface area contributed by atoms with E-state index in [1.165, 1.54) is 13.2 Å². The highest BCUT2D eigenvalue weighted by molar-refractivity contribution is 6.43. The summed E-state index contributed by atoms with van der Waals surface area (Å²) in [5, 5.41) is 3.03. The predicted molar refractivity (Wildman–Crippen MR) is 113 cm³/mol. The Balaban J connectivity index is 1.87. The Bertz CT molecular complexity index is 1020. The molecule has 3 aromatic rings. The van der Waals surface area contributed by atoms with Crippen molar-refractivity contribution >= 4 is 40.8 Å². The lowest BCUT2D eigenvalue weighted by molar-refractivity contribution is -0.125. The Kier molecular flexibility index (Phi) is 6.75. The van der Waals surface area contributed by atoms with Gasteiger partial charge >= 0.3 is 5.97 Å². The van der Waals surface area contributed by atoms with E-state index in [1.807, 2.05) is 0 Å². The third-order valence-electron chi connectivity index (χ3n) is 4.07. The fraction of sp³-hybridized carbons (Fsp3) is 0.0909. The highest BCUT2D eigenvalue weighted by Crippen LogP contribution is 2.29. The SMILES string of the molecule is COc1cccc(NC(=O)[C@H](OC(=O)c2cccc(Cl)c2Cl)c2ccccc2)c1. The van der Waals surface area contributed by atoms with E-state index in [2.05, 4.69) is 5.32 Å². The van der Waals surface area contributed by atoms with Crippen molar-refractivity contribution in [2.45, 2.75) is 6.10 Å². The first-order valence-corrected chi connectivity index (χ1v) is 9.40. The van der Waals surface area contributed by atoms with Crippen LogP contribution in [0.2, 0.25) is 10.0 Å². The van der Waals surface area contributed by atoms with Crippen LogP contribution < -0.4 is 10.1 Å². The van der Waals surface area contributed by atoms with E-state index >= 15 is 0 Å². The number of esters is 1. The summed E-state index contributed by atoms with van der Waals surface area (Å²) in [6.45, 7) is 0. The molecule has 0 aliphatic carbocycles. The zero-order valence-corrected chi connectivity index (χ0v) is 16.9. The number of methoxy groups -OCH3 is 1. The van der Waals surface area contributed by atoms with E-state index in [1.54, 1.807) is 66.7 Å². The monoisotopic (exact) mass is 429 g/mol. The summed E-state index contributed by atoms with van der Waals surface area (Å²) < 4.78 is 10.7. The van der Waals surface area contributed by atoms with Crippen LogP contribution in [0.25, 0.3) is 0 Å². The van der Waals surface area contributed by atoms with Crippen LogP contribution in [0.15, 0.2) is 72.8 Å². The van der Waals surface area contributed by atoms with Crippen molar-refractivity contribution in [2.24, 2.45) is 0 Å². The molecule has 0 spiro atoms. The quantitative estimate of drug-likeness (QED) is 0.522. The van der Waals surface area contributed by atoms with Gasteiger partial charge in [-0.1, -0.05) is 65.7 Å². The number of benzene rings is 3. The molecule has 7 heteroatoms. The van der Waals surface area contributed by atoms with Crippen LogP contribution in [-0.2, 0) is 9.53 Å². The van der Waals surface area contributed by atoms with Crippen LogP contribution in [-0.4, -0.2) is 19.0 Å². The molecule has 1 amide bonds. The molecule has 148 valence electrons. The molecule has 1 N–H and O–H groups in total. The van der Waals surface area contributed by atoms with Gasteiger partial charge in [0.2, 0.25) is 6.10 Å². The lowest BCUT2D eigenvalue weighted by atomic mass is 10.1. The van der Waals surface area contributed by atoms with Crippen LogP contribution in [0.5, 0.6) is 5.75 Å². The van der Waals surface area contributed by atoms with Crippen LogP contribution in [0.3, 0.4) is 0 Å². The van der Waals surface area contributed by atoms with Crippen LogP contribution in [0, 0.1) is 0 Å². The number of anilines is 1. The third-order valence-corrected chi connectivity index (χ3v) is 4.89. The molecule has 3 rings (SSSR count). The third kappa shape index (κ3) is 5.08. The zero-order valence-electron chi connectivity index (χ0n) is 15.4. The molecule has 0 fully saturated rings. The van der Waals surface area contributed by atoms with E-state index in [-0.39, 0.29) is 15.6 Å². The summed E-state index contributed by atoms with van der Waals surface area (Å²) in [6, 6.07) is 20.2. The molecule has 0 aliphatic rings. The average Bonchev–Trinajstić information content (AvgIpc) is 2.74. The first-order valence-electron chi connectivity index (χ1n) is 8.64. The molecule has 0 saturated heterocycles. The van der Waals surface area contributed by atoms with Gasteiger partial charge in [-0.25, -0.2) is 4.79 Å². The molecule has 5 nitrogen and oxygen atoms in total. The van der Waals surface area contributed by atoms with Gasteiger partial charge in [-0.15, -0.1) is 0 Å². The first-order chi connectivity index (χ1) is 14.0. The second-order valence-corrected chi connectivity index (χ2v) is 6.80. The topological polar surface area (TPSA) is 64.6 Å². The number of rotatable bonds is 6. The molecule has 1 atom stereocenters. The minimum atomic E-state index is -1.19. The van der Waals surface area contributed by atoms with Crippen molar-refractivity contribution in [1.82, 2.24) is 0 Å². The molecule has 0 bridgehead atoms. The van der Waals surface area contributed by atoms with E-state index in [4.69, 9.17) is 32.7 Å². The van der Waals surface area contributed by atoms with Crippen molar-refractivity contribution in [1.29, 1.82) is 0 Å². The smallest absolute Gasteiger partial charge is 0.340 e. The molecular weight excluding hydrogens is 413 g/mol. The summed E-state index contributed by atoms with van der Waals surface area (Å²) in [6.07, 6.45) is -1.19. The van der Waals surface area contributed by atoms with Gasteiger partial charge in [0.25, 0.3) is 5.91 Å². The molecule has 29 heavy (non-hydrogen) atoms. The summed E-state index contributed by atoms with van der Waals surface area (Å²) >= 11 is 12.1. The molecule has 0 aromatic heterocycles. The molecule has 0 unspecified atom stereocenters. The lowest BCUT2D eigenvalue weighted by Gasteiger charge is -2.19. The van der Waals surface area contributed by atoms with Crippen LogP contribution in [0.4, 0.5) is 5.69 Å². The Labute approximate surface area is 178 Å². The minimum absolute atomic E-state index is 0.0687. The van der Waals surface area contributed by atoms with E-state index in [0.29, 0.717) is 17.0 Å². The second-order valence-electron chi connectivity index (χ2n) is 6.02. The number of hydrogen-bond donors (Lipinski definition) is 1. The fourth-order valence-electron chi connectivity index (χ4n) is 2.64. The van der Waals surface area contributed by atoms with Gasteiger partial charge in [-0.2, -0.15) is 0 Å². The number of ether oxygens (including phenoxy) is 2. The Morgan fingerprint density at radius 3 is 2.38 bits per heavy atom. The first kappa shape index (κ1) is 20.7. The second kappa shape index (κ2) is 9.45. The predicted octanol–water partition coefficient (Wildman–Crippen LogP) is 5.54. The van der Waals surface area contributed by atoms with Crippen molar-refractivity contribution in [3.05, 3.63) is 94.0 Å². The fourth-order valence-corrected chi connectivity index (χ4v) is 3.02. The lowest BCUT2D eigenvalue weighted by Crippen LogP contribution is -2.26. The van der Waals surface area contributed by atoms with E-state index in [9.17, 15) is 9.59 Å². The minimum Gasteiger partial charge on any atom is -0.497 e. The van der Waals surface area contributed by atoms with Crippen molar-refractivity contribution < 1.29 is 19.1 Å². The summed E-state index contributed by atoms with van der Waals surface area (Å²) in [7, 11) is 1.53. The largest absolute Gasteiger partial charge is 0.497 e. The Morgan fingerprint density at radius 1 is 0.931 bits per heavy atom. The average molecular weight is 430 g/mol. The normalized spacial score (nSPS) is 11.4. The summed E-state index contributed by atoms with van der Waals surface area (Å²) in [5.74, 6) is -0.690. The molecule has 0 radical (unpaired) electrons. The van der Waals surface area contributed by atoms with E-state index < -0.39 is 18.0 Å². The maximum Gasteiger partial charge on any atom is 0.340 e. The van der Waals surface area contributed by atoms with Crippen molar-refractivity contribution in [3.8, 4) is 5.75 Å². The zero-order chi connectivity index (χ0) is 20.8. The van der Waals surface area contributed by atoms with Gasteiger partial charge in [0, 0.05) is 17.3 Å². The molecule has 0 saturated carbocycles. The molecule has 0 aliphatic heterocycles. The highest BCUT2D eigenvalue weighted by atomic mass is 35.5. The number of carbonyl (C=O) groups is 2. The Hall–Kier alpha value is -3.02.